The Labute approximate surface area is 96.5 Å². The third-order valence-electron chi connectivity index (χ3n) is 2.35. The zero-order valence-electron chi connectivity index (χ0n) is 9.43. The van der Waals surface area contributed by atoms with Gasteiger partial charge < -0.3 is 9.47 Å². The highest BCUT2D eigenvalue weighted by Gasteiger charge is 2.03. The van der Waals surface area contributed by atoms with E-state index in [1.54, 1.807) is 14.2 Å². The largest absolute Gasteiger partial charge is 0.356 e. The van der Waals surface area contributed by atoms with Gasteiger partial charge in [0, 0.05) is 19.5 Å². The number of ether oxygens (including phenoxy) is 2. The molecule has 0 aromatic rings. The van der Waals surface area contributed by atoms with Crippen LogP contribution in [0.3, 0.4) is 0 Å². The van der Waals surface area contributed by atoms with Crippen LogP contribution in [0.5, 0.6) is 0 Å². The normalized spacial score (nSPS) is 11.1. The van der Waals surface area contributed by atoms with E-state index in [-0.39, 0.29) is 6.29 Å². The molecule has 0 aromatic carbocycles. The molecule has 0 saturated heterocycles. The van der Waals surface area contributed by atoms with Gasteiger partial charge in [0.1, 0.15) is 0 Å². The third kappa shape index (κ3) is 8.97. The SMILES string of the molecule is COC(CCCCCCCCBr)OC. The molecule has 0 radical (unpaired) electrons. The summed E-state index contributed by atoms with van der Waals surface area (Å²) in [6, 6.07) is 0. The molecule has 3 heteroatoms. The van der Waals surface area contributed by atoms with E-state index in [4.69, 9.17) is 9.47 Å². The van der Waals surface area contributed by atoms with Crippen molar-refractivity contribution in [3.8, 4) is 0 Å². The molecule has 0 saturated carbocycles. The number of alkyl halides is 1. The number of halogens is 1. The first kappa shape index (κ1) is 14.4. The van der Waals surface area contributed by atoms with Gasteiger partial charge in [-0.1, -0.05) is 41.6 Å². The second kappa shape index (κ2) is 11.5. The van der Waals surface area contributed by atoms with E-state index in [0.717, 1.165) is 11.8 Å². The fourth-order valence-electron chi connectivity index (χ4n) is 1.44. The first-order valence-electron chi connectivity index (χ1n) is 5.46. The summed E-state index contributed by atoms with van der Waals surface area (Å²) in [5, 5.41) is 1.14. The Kier molecular flexibility index (Phi) is 11.8. The second-order valence-electron chi connectivity index (χ2n) is 3.50. The van der Waals surface area contributed by atoms with Gasteiger partial charge in [0.25, 0.3) is 0 Å². The smallest absolute Gasteiger partial charge is 0.156 e. The molecule has 0 N–H and O–H groups in total. The molecular formula is C11H23BrO2. The summed E-state index contributed by atoms with van der Waals surface area (Å²) in [7, 11) is 3.40. The first-order valence-corrected chi connectivity index (χ1v) is 6.58. The van der Waals surface area contributed by atoms with Gasteiger partial charge in [-0.3, -0.25) is 0 Å². The predicted molar refractivity (Wildman–Crippen MR) is 63.9 cm³/mol. The minimum atomic E-state index is -0.00228. The van der Waals surface area contributed by atoms with E-state index >= 15 is 0 Å². The van der Waals surface area contributed by atoms with Gasteiger partial charge in [0.2, 0.25) is 0 Å². The van der Waals surface area contributed by atoms with Gasteiger partial charge in [-0.2, -0.15) is 0 Å². The molecule has 0 aromatic heterocycles. The van der Waals surface area contributed by atoms with Crippen LogP contribution in [-0.4, -0.2) is 25.8 Å². The minimum Gasteiger partial charge on any atom is -0.356 e. The summed E-state index contributed by atoms with van der Waals surface area (Å²) in [5.74, 6) is 0. The number of methoxy groups -OCH3 is 2. The standard InChI is InChI=1S/C11H23BrO2/c1-13-11(14-2)9-7-5-3-4-6-8-10-12/h11H,3-10H2,1-2H3. The van der Waals surface area contributed by atoms with Crippen molar-refractivity contribution < 1.29 is 9.47 Å². The quantitative estimate of drug-likeness (QED) is 0.341. The van der Waals surface area contributed by atoms with Crippen molar-refractivity contribution in [2.45, 2.75) is 51.2 Å². The maximum Gasteiger partial charge on any atom is 0.156 e. The van der Waals surface area contributed by atoms with Gasteiger partial charge in [-0.15, -0.1) is 0 Å². The van der Waals surface area contributed by atoms with Gasteiger partial charge >= 0.3 is 0 Å². The average Bonchev–Trinajstić information content (AvgIpc) is 2.22. The lowest BCUT2D eigenvalue weighted by molar-refractivity contribution is -0.107. The molecule has 0 spiro atoms. The van der Waals surface area contributed by atoms with Gasteiger partial charge in [-0.25, -0.2) is 0 Å². The average molecular weight is 267 g/mol. The zero-order chi connectivity index (χ0) is 10.6. The molecule has 14 heavy (non-hydrogen) atoms. The maximum atomic E-state index is 5.12. The summed E-state index contributed by atoms with van der Waals surface area (Å²) in [4.78, 5) is 0. The molecule has 0 atom stereocenters. The van der Waals surface area contributed by atoms with Gasteiger partial charge in [0.15, 0.2) is 6.29 Å². The van der Waals surface area contributed by atoms with Crippen LogP contribution in [0.25, 0.3) is 0 Å². The van der Waals surface area contributed by atoms with Crippen molar-refractivity contribution >= 4 is 15.9 Å². The molecule has 2 nitrogen and oxygen atoms in total. The summed E-state index contributed by atoms with van der Waals surface area (Å²) >= 11 is 3.44. The Bertz CT molecular complexity index is 105. The molecule has 0 unspecified atom stereocenters. The van der Waals surface area contributed by atoms with Crippen LogP contribution in [0.1, 0.15) is 44.9 Å². The molecule has 0 rings (SSSR count). The second-order valence-corrected chi connectivity index (χ2v) is 4.29. The predicted octanol–water partition coefficient (Wildman–Crippen LogP) is 3.73. The molecule has 86 valence electrons. The monoisotopic (exact) mass is 266 g/mol. The Morgan fingerprint density at radius 2 is 1.36 bits per heavy atom. The maximum absolute atomic E-state index is 5.12. The van der Waals surface area contributed by atoms with E-state index in [1.807, 2.05) is 0 Å². The lowest BCUT2D eigenvalue weighted by Gasteiger charge is -2.12. The van der Waals surface area contributed by atoms with Crippen molar-refractivity contribution in [1.82, 2.24) is 0 Å². The van der Waals surface area contributed by atoms with Crippen LogP contribution in [0, 0.1) is 0 Å². The highest BCUT2D eigenvalue weighted by molar-refractivity contribution is 9.09. The van der Waals surface area contributed by atoms with Gasteiger partial charge in [0.05, 0.1) is 0 Å². The number of hydrogen-bond donors (Lipinski definition) is 0. The molecule has 0 aliphatic rings. The Hall–Kier alpha value is 0.400. The topological polar surface area (TPSA) is 18.5 Å². The summed E-state index contributed by atoms with van der Waals surface area (Å²) < 4.78 is 10.2. The molecule has 0 amide bonds. The van der Waals surface area contributed by atoms with E-state index in [1.165, 1.54) is 38.5 Å². The van der Waals surface area contributed by atoms with E-state index in [2.05, 4.69) is 15.9 Å². The first-order chi connectivity index (χ1) is 6.85. The van der Waals surface area contributed by atoms with Crippen LogP contribution in [0.15, 0.2) is 0 Å². The lowest BCUT2D eigenvalue weighted by atomic mass is 10.1. The van der Waals surface area contributed by atoms with Gasteiger partial charge in [-0.05, 0) is 19.3 Å². The van der Waals surface area contributed by atoms with Crippen LogP contribution >= 0.6 is 15.9 Å². The van der Waals surface area contributed by atoms with Crippen molar-refractivity contribution in [3.05, 3.63) is 0 Å². The van der Waals surface area contributed by atoms with Crippen molar-refractivity contribution in [2.75, 3.05) is 19.5 Å². The molecule has 0 bridgehead atoms. The summed E-state index contributed by atoms with van der Waals surface area (Å²) in [5.41, 5.74) is 0. The van der Waals surface area contributed by atoms with Crippen LogP contribution < -0.4 is 0 Å². The zero-order valence-corrected chi connectivity index (χ0v) is 11.0. The Balaban J connectivity index is 3.04. The molecule has 0 aliphatic carbocycles. The van der Waals surface area contributed by atoms with E-state index in [0.29, 0.717) is 0 Å². The minimum absolute atomic E-state index is 0.00228. The number of rotatable bonds is 10. The highest BCUT2D eigenvalue weighted by atomic mass is 79.9. The fraction of sp³-hybridized carbons (Fsp3) is 1.00. The van der Waals surface area contributed by atoms with Crippen LogP contribution in [-0.2, 0) is 9.47 Å². The van der Waals surface area contributed by atoms with E-state index < -0.39 is 0 Å². The number of unbranched alkanes of at least 4 members (excludes halogenated alkanes) is 5. The van der Waals surface area contributed by atoms with E-state index in [9.17, 15) is 0 Å². The van der Waals surface area contributed by atoms with Crippen molar-refractivity contribution in [1.29, 1.82) is 0 Å². The summed E-state index contributed by atoms with van der Waals surface area (Å²) in [6.07, 6.45) is 8.88. The van der Waals surface area contributed by atoms with Crippen LogP contribution in [0.4, 0.5) is 0 Å². The van der Waals surface area contributed by atoms with Crippen molar-refractivity contribution in [2.24, 2.45) is 0 Å². The summed E-state index contributed by atoms with van der Waals surface area (Å²) in [6.45, 7) is 0. The Morgan fingerprint density at radius 1 is 0.857 bits per heavy atom. The molecular weight excluding hydrogens is 244 g/mol. The number of hydrogen-bond acceptors (Lipinski definition) is 2. The molecule has 0 heterocycles. The third-order valence-corrected chi connectivity index (χ3v) is 2.91. The lowest BCUT2D eigenvalue weighted by Crippen LogP contribution is -2.12. The van der Waals surface area contributed by atoms with Crippen molar-refractivity contribution in [3.63, 3.8) is 0 Å². The Morgan fingerprint density at radius 3 is 1.86 bits per heavy atom. The van der Waals surface area contributed by atoms with Crippen LogP contribution in [0.2, 0.25) is 0 Å². The highest BCUT2D eigenvalue weighted by Crippen LogP contribution is 2.10. The molecule has 0 aliphatic heterocycles. The molecule has 0 fully saturated rings. The fourth-order valence-corrected chi connectivity index (χ4v) is 1.84.